The number of ether oxygens (including phenoxy) is 3. The van der Waals surface area contributed by atoms with Gasteiger partial charge in [0, 0.05) is 5.92 Å². The first-order valence-electron chi connectivity index (χ1n) is 5.58. The van der Waals surface area contributed by atoms with Crippen LogP contribution in [0.1, 0.15) is 40.5 Å². The second kappa shape index (κ2) is 3.47. The van der Waals surface area contributed by atoms with E-state index in [0.717, 1.165) is 12.8 Å². The van der Waals surface area contributed by atoms with Crippen molar-refractivity contribution in [2.45, 2.75) is 64.8 Å². The lowest BCUT2D eigenvalue weighted by atomic mass is 9.94. The van der Waals surface area contributed by atoms with E-state index in [-0.39, 0.29) is 12.4 Å². The van der Waals surface area contributed by atoms with Crippen LogP contribution < -0.4 is 0 Å². The molecule has 4 atom stereocenters. The monoisotopic (exact) mass is 200 g/mol. The number of fused-ring (bicyclic) bond motifs is 1. The molecule has 0 aromatic rings. The van der Waals surface area contributed by atoms with Crippen molar-refractivity contribution in [2.75, 3.05) is 0 Å². The first-order valence-corrected chi connectivity index (χ1v) is 5.58. The van der Waals surface area contributed by atoms with Crippen LogP contribution in [0.5, 0.6) is 0 Å². The second-order valence-electron chi connectivity index (χ2n) is 4.62. The third-order valence-electron chi connectivity index (χ3n) is 3.17. The molecule has 2 aliphatic rings. The quantitative estimate of drug-likeness (QED) is 0.684. The fourth-order valence-corrected chi connectivity index (χ4v) is 2.53. The summed E-state index contributed by atoms with van der Waals surface area (Å²) in [6.07, 6.45) is 2.45. The SMILES string of the molecule is CCC1[C@@H](CC)O[C@@H]2OC(C)(C)O[C@@H]12. The summed E-state index contributed by atoms with van der Waals surface area (Å²) in [5.41, 5.74) is 0. The highest BCUT2D eigenvalue weighted by Gasteiger charge is 2.53. The van der Waals surface area contributed by atoms with E-state index in [9.17, 15) is 0 Å². The minimum atomic E-state index is -0.471. The zero-order chi connectivity index (χ0) is 10.3. The summed E-state index contributed by atoms with van der Waals surface area (Å²) in [4.78, 5) is 0. The van der Waals surface area contributed by atoms with Crippen LogP contribution in [0.15, 0.2) is 0 Å². The number of hydrogen-bond acceptors (Lipinski definition) is 3. The fraction of sp³-hybridized carbons (Fsp3) is 1.00. The molecule has 1 unspecified atom stereocenters. The summed E-state index contributed by atoms with van der Waals surface area (Å²) >= 11 is 0. The fourth-order valence-electron chi connectivity index (χ4n) is 2.53. The minimum Gasteiger partial charge on any atom is -0.346 e. The summed E-state index contributed by atoms with van der Waals surface area (Å²) in [6, 6.07) is 0. The van der Waals surface area contributed by atoms with E-state index in [1.54, 1.807) is 0 Å². The largest absolute Gasteiger partial charge is 0.346 e. The summed E-state index contributed by atoms with van der Waals surface area (Å²) < 4.78 is 17.4. The lowest BCUT2D eigenvalue weighted by Crippen LogP contribution is -2.29. The van der Waals surface area contributed by atoms with Crippen LogP contribution >= 0.6 is 0 Å². The first kappa shape index (κ1) is 10.4. The molecule has 0 aromatic heterocycles. The van der Waals surface area contributed by atoms with E-state index in [0.29, 0.717) is 12.0 Å². The van der Waals surface area contributed by atoms with Crippen molar-refractivity contribution in [1.29, 1.82) is 0 Å². The summed E-state index contributed by atoms with van der Waals surface area (Å²) in [5, 5.41) is 0. The number of rotatable bonds is 2. The Hall–Kier alpha value is -0.120. The van der Waals surface area contributed by atoms with Crippen molar-refractivity contribution < 1.29 is 14.2 Å². The van der Waals surface area contributed by atoms with Gasteiger partial charge >= 0.3 is 0 Å². The van der Waals surface area contributed by atoms with Crippen LogP contribution in [0, 0.1) is 5.92 Å². The standard InChI is InChI=1S/C11H20O3/c1-5-7-8(6-2)12-10-9(7)13-11(3,4)14-10/h7-10H,5-6H2,1-4H3/t7?,8-,9+,10-/m1/s1. The molecule has 0 amide bonds. The van der Waals surface area contributed by atoms with E-state index in [1.165, 1.54) is 0 Å². The van der Waals surface area contributed by atoms with Gasteiger partial charge in [0.2, 0.25) is 0 Å². The Bertz CT molecular complexity index is 215. The molecule has 2 heterocycles. The molecule has 2 fully saturated rings. The van der Waals surface area contributed by atoms with Gasteiger partial charge in [0.1, 0.15) is 6.10 Å². The van der Waals surface area contributed by atoms with Crippen LogP contribution in [0.2, 0.25) is 0 Å². The van der Waals surface area contributed by atoms with Gasteiger partial charge in [0.05, 0.1) is 6.10 Å². The summed E-state index contributed by atoms with van der Waals surface area (Å²) in [5.74, 6) is 0.0216. The Morgan fingerprint density at radius 3 is 2.36 bits per heavy atom. The minimum absolute atomic E-state index is 0.139. The molecule has 0 aliphatic carbocycles. The molecule has 0 aromatic carbocycles. The van der Waals surface area contributed by atoms with Gasteiger partial charge in [0.15, 0.2) is 12.1 Å². The van der Waals surface area contributed by atoms with Crippen molar-refractivity contribution in [3.63, 3.8) is 0 Å². The molecule has 0 bridgehead atoms. The highest BCUT2D eigenvalue weighted by molar-refractivity contribution is 4.91. The molecular weight excluding hydrogens is 180 g/mol. The van der Waals surface area contributed by atoms with Crippen molar-refractivity contribution in [3.05, 3.63) is 0 Å². The molecule has 2 rings (SSSR count). The Morgan fingerprint density at radius 2 is 1.79 bits per heavy atom. The van der Waals surface area contributed by atoms with Gasteiger partial charge in [-0.05, 0) is 26.7 Å². The third kappa shape index (κ3) is 1.58. The van der Waals surface area contributed by atoms with Crippen molar-refractivity contribution in [3.8, 4) is 0 Å². The lowest BCUT2D eigenvalue weighted by Gasteiger charge is -2.24. The maximum absolute atomic E-state index is 5.86. The van der Waals surface area contributed by atoms with E-state index in [2.05, 4.69) is 13.8 Å². The third-order valence-corrected chi connectivity index (χ3v) is 3.17. The molecule has 0 spiro atoms. The maximum Gasteiger partial charge on any atom is 0.187 e. The van der Waals surface area contributed by atoms with Crippen molar-refractivity contribution in [1.82, 2.24) is 0 Å². The highest BCUT2D eigenvalue weighted by atomic mass is 16.8. The zero-order valence-corrected chi connectivity index (χ0v) is 9.45. The van der Waals surface area contributed by atoms with Gasteiger partial charge in [-0.15, -0.1) is 0 Å². The lowest BCUT2D eigenvalue weighted by molar-refractivity contribution is -0.210. The van der Waals surface area contributed by atoms with Gasteiger partial charge < -0.3 is 14.2 Å². The molecular formula is C11H20O3. The van der Waals surface area contributed by atoms with E-state index in [1.807, 2.05) is 13.8 Å². The maximum atomic E-state index is 5.86. The molecule has 2 saturated heterocycles. The molecule has 82 valence electrons. The van der Waals surface area contributed by atoms with Gasteiger partial charge in [-0.1, -0.05) is 13.8 Å². The molecule has 3 heteroatoms. The molecule has 2 aliphatic heterocycles. The molecule has 0 N–H and O–H groups in total. The Labute approximate surface area is 85.7 Å². The van der Waals surface area contributed by atoms with Gasteiger partial charge in [-0.3, -0.25) is 0 Å². The zero-order valence-electron chi connectivity index (χ0n) is 9.45. The van der Waals surface area contributed by atoms with Crippen molar-refractivity contribution in [2.24, 2.45) is 5.92 Å². The molecule has 3 nitrogen and oxygen atoms in total. The average molecular weight is 200 g/mol. The molecule has 0 saturated carbocycles. The topological polar surface area (TPSA) is 27.7 Å². The number of hydrogen-bond donors (Lipinski definition) is 0. The Balaban J connectivity index is 2.09. The predicted molar refractivity (Wildman–Crippen MR) is 52.8 cm³/mol. The first-order chi connectivity index (χ1) is 6.57. The highest BCUT2D eigenvalue weighted by Crippen LogP contribution is 2.42. The average Bonchev–Trinajstić information content (AvgIpc) is 2.55. The van der Waals surface area contributed by atoms with Crippen LogP contribution in [0.4, 0.5) is 0 Å². The predicted octanol–water partition coefficient (Wildman–Crippen LogP) is 2.30. The van der Waals surface area contributed by atoms with Gasteiger partial charge in [-0.25, -0.2) is 0 Å². The normalized spacial score (nSPS) is 45.4. The summed E-state index contributed by atoms with van der Waals surface area (Å²) in [6.45, 7) is 8.23. The molecule has 0 radical (unpaired) electrons. The van der Waals surface area contributed by atoms with E-state index in [4.69, 9.17) is 14.2 Å². The molecule has 14 heavy (non-hydrogen) atoms. The van der Waals surface area contributed by atoms with Gasteiger partial charge in [-0.2, -0.15) is 0 Å². The van der Waals surface area contributed by atoms with Crippen LogP contribution in [-0.2, 0) is 14.2 Å². The van der Waals surface area contributed by atoms with Crippen LogP contribution in [-0.4, -0.2) is 24.3 Å². The summed E-state index contributed by atoms with van der Waals surface area (Å²) in [7, 11) is 0. The smallest absolute Gasteiger partial charge is 0.187 e. The van der Waals surface area contributed by atoms with E-state index < -0.39 is 5.79 Å². The van der Waals surface area contributed by atoms with Crippen LogP contribution in [0.3, 0.4) is 0 Å². The van der Waals surface area contributed by atoms with Crippen LogP contribution in [0.25, 0.3) is 0 Å². The Morgan fingerprint density at radius 1 is 1.07 bits per heavy atom. The van der Waals surface area contributed by atoms with Gasteiger partial charge in [0.25, 0.3) is 0 Å². The second-order valence-corrected chi connectivity index (χ2v) is 4.62. The Kier molecular flexibility index (Phi) is 2.58. The van der Waals surface area contributed by atoms with Crippen molar-refractivity contribution >= 4 is 0 Å². The van der Waals surface area contributed by atoms with E-state index >= 15 is 0 Å².